The van der Waals surface area contributed by atoms with Gasteiger partial charge in [0.15, 0.2) is 5.82 Å². The van der Waals surface area contributed by atoms with E-state index in [2.05, 4.69) is 85.4 Å². The van der Waals surface area contributed by atoms with Crippen molar-refractivity contribution in [3.63, 3.8) is 0 Å². The van der Waals surface area contributed by atoms with Crippen LogP contribution in [0.3, 0.4) is 0 Å². The van der Waals surface area contributed by atoms with Gasteiger partial charge < -0.3 is 20.0 Å². The molecule has 186 valence electrons. The van der Waals surface area contributed by atoms with Crippen LogP contribution in [0.4, 0.5) is 17.2 Å². The fraction of sp³-hybridized carbons (Fsp3) is 0.214. The zero-order valence-corrected chi connectivity index (χ0v) is 20.6. The lowest BCUT2D eigenvalue weighted by Gasteiger charge is -2.26. The van der Waals surface area contributed by atoms with Crippen molar-refractivity contribution in [1.82, 2.24) is 9.88 Å². The molecule has 1 aliphatic rings. The van der Waals surface area contributed by atoms with Gasteiger partial charge in [-0.3, -0.25) is 0 Å². The summed E-state index contributed by atoms with van der Waals surface area (Å²) >= 11 is 0. The summed E-state index contributed by atoms with van der Waals surface area (Å²) in [6, 6.07) is 21.1. The van der Waals surface area contributed by atoms with Gasteiger partial charge in [-0.25, -0.2) is 19.6 Å². The minimum atomic E-state index is -1.26. The largest absolute Gasteiger partial charge is 0.478 e. The van der Waals surface area contributed by atoms with E-state index in [1.165, 1.54) is 5.69 Å². The maximum absolute atomic E-state index is 9.55. The minimum Gasteiger partial charge on any atom is -0.478 e. The Balaban J connectivity index is 0.000000392. The molecule has 0 amide bonds. The molecule has 1 aliphatic heterocycles. The van der Waals surface area contributed by atoms with E-state index in [-0.39, 0.29) is 0 Å². The van der Waals surface area contributed by atoms with Gasteiger partial charge in [0.1, 0.15) is 5.69 Å². The number of aliphatic imine (C=N–C) groups is 1. The molecule has 0 radical (unpaired) electrons. The Hall–Kier alpha value is -4.30. The van der Waals surface area contributed by atoms with Gasteiger partial charge in [-0.2, -0.15) is 0 Å². The van der Waals surface area contributed by atoms with Crippen molar-refractivity contribution >= 4 is 34.8 Å². The molecule has 4 rings (SSSR count). The summed E-state index contributed by atoms with van der Waals surface area (Å²) in [6.07, 6.45) is 4.10. The van der Waals surface area contributed by atoms with E-state index in [9.17, 15) is 9.59 Å². The van der Waals surface area contributed by atoms with E-state index in [4.69, 9.17) is 20.2 Å². The molecule has 0 saturated carbocycles. The Morgan fingerprint density at radius 3 is 2.25 bits per heavy atom. The lowest BCUT2D eigenvalue weighted by atomic mass is 10.00. The molecule has 2 aromatic carbocycles. The molecule has 0 atom stereocenters. The van der Waals surface area contributed by atoms with Gasteiger partial charge in [0, 0.05) is 36.0 Å². The van der Waals surface area contributed by atoms with E-state index in [0.717, 1.165) is 53.4 Å². The maximum atomic E-state index is 9.55. The van der Waals surface area contributed by atoms with Gasteiger partial charge in [-0.05, 0) is 51.7 Å². The van der Waals surface area contributed by atoms with Crippen LogP contribution in [-0.2, 0) is 9.59 Å². The van der Waals surface area contributed by atoms with E-state index in [0.29, 0.717) is 12.2 Å². The number of anilines is 2. The molecule has 0 fully saturated rings. The topological polar surface area (TPSA) is 106 Å². The van der Waals surface area contributed by atoms with Gasteiger partial charge in [-0.15, -0.1) is 0 Å². The van der Waals surface area contributed by atoms with E-state index in [1.54, 1.807) is 0 Å². The molecular formula is C28H30N4O4. The molecule has 2 heterocycles. The number of fused-ring (bicyclic) bond motifs is 2. The molecule has 3 aromatic rings. The zero-order valence-electron chi connectivity index (χ0n) is 20.6. The van der Waals surface area contributed by atoms with Gasteiger partial charge in [0.25, 0.3) is 0 Å². The van der Waals surface area contributed by atoms with Crippen molar-refractivity contribution in [3.05, 3.63) is 95.7 Å². The standard InChI is InChI=1S/C24H26N4.C4H4O4/c1-18-16-21-24(25-17-18)28(15-9-14-27(2)3)22-13-8-7-12-20(22)23(26-21)19-10-5-4-6-11-19;5-3(6)1-2-4(7)8/h4-8,10-13,16-17H,9,14-15H2,1-3H3;1-2H,(H,5,6)(H,7,8). The van der Waals surface area contributed by atoms with Crippen molar-refractivity contribution in [2.24, 2.45) is 4.99 Å². The average Bonchev–Trinajstić information content (AvgIpc) is 2.98. The van der Waals surface area contributed by atoms with Gasteiger partial charge >= 0.3 is 11.9 Å². The monoisotopic (exact) mass is 486 g/mol. The number of hydrogen-bond donors (Lipinski definition) is 2. The number of aromatic nitrogens is 1. The number of pyridine rings is 1. The second-order valence-corrected chi connectivity index (χ2v) is 8.52. The molecule has 0 bridgehead atoms. The predicted octanol–water partition coefficient (Wildman–Crippen LogP) is 4.67. The smallest absolute Gasteiger partial charge is 0.328 e. The molecular weight excluding hydrogens is 456 g/mol. The molecule has 8 nitrogen and oxygen atoms in total. The normalized spacial score (nSPS) is 12.2. The van der Waals surface area contributed by atoms with Crippen molar-refractivity contribution in [3.8, 4) is 0 Å². The first-order chi connectivity index (χ1) is 17.3. The zero-order chi connectivity index (χ0) is 26.1. The molecule has 0 unspecified atom stereocenters. The molecule has 1 aromatic heterocycles. The Morgan fingerprint density at radius 1 is 0.972 bits per heavy atom. The summed E-state index contributed by atoms with van der Waals surface area (Å²) in [7, 11) is 4.23. The van der Waals surface area contributed by atoms with Crippen LogP contribution >= 0.6 is 0 Å². The number of hydrogen-bond acceptors (Lipinski definition) is 6. The summed E-state index contributed by atoms with van der Waals surface area (Å²) in [5.74, 6) is -1.58. The predicted molar refractivity (Wildman–Crippen MR) is 142 cm³/mol. The summed E-state index contributed by atoms with van der Waals surface area (Å²) in [6.45, 7) is 4.00. The third-order valence-corrected chi connectivity index (χ3v) is 5.32. The Kier molecular flexibility index (Phi) is 9.07. The Bertz CT molecular complexity index is 1250. The van der Waals surface area contributed by atoms with Crippen LogP contribution in [-0.4, -0.2) is 64.9 Å². The molecule has 0 saturated heterocycles. The number of rotatable bonds is 7. The summed E-state index contributed by atoms with van der Waals surface area (Å²) < 4.78 is 0. The van der Waals surface area contributed by atoms with Gasteiger partial charge in [0.05, 0.1) is 11.4 Å². The van der Waals surface area contributed by atoms with E-state index < -0.39 is 11.9 Å². The fourth-order valence-corrected chi connectivity index (χ4v) is 3.77. The highest BCUT2D eigenvalue weighted by atomic mass is 16.4. The summed E-state index contributed by atoms with van der Waals surface area (Å²) in [5, 5.41) is 15.6. The van der Waals surface area contributed by atoms with Crippen LogP contribution in [0.15, 0.2) is 84.0 Å². The lowest BCUT2D eigenvalue weighted by molar-refractivity contribution is -0.134. The lowest BCUT2D eigenvalue weighted by Crippen LogP contribution is -2.24. The molecule has 0 spiro atoms. The SMILES string of the molecule is Cc1cnc2c(c1)N=C(c1ccccc1)c1ccccc1N2CCCN(C)C.O=C(O)C=CC(=O)O. The third kappa shape index (κ3) is 7.10. The third-order valence-electron chi connectivity index (χ3n) is 5.32. The van der Waals surface area contributed by atoms with Gasteiger partial charge in [0.2, 0.25) is 0 Å². The number of aliphatic carboxylic acids is 2. The fourth-order valence-electron chi connectivity index (χ4n) is 3.77. The maximum Gasteiger partial charge on any atom is 0.328 e. The van der Waals surface area contributed by atoms with Crippen molar-refractivity contribution in [1.29, 1.82) is 0 Å². The number of carboxylic acid groups (broad SMARTS) is 2. The van der Waals surface area contributed by atoms with Crippen molar-refractivity contribution in [2.45, 2.75) is 13.3 Å². The Morgan fingerprint density at radius 2 is 1.61 bits per heavy atom. The second-order valence-electron chi connectivity index (χ2n) is 8.52. The van der Waals surface area contributed by atoms with E-state index >= 15 is 0 Å². The Labute approximate surface area is 210 Å². The van der Waals surface area contributed by atoms with Crippen LogP contribution in [0.2, 0.25) is 0 Å². The second kappa shape index (κ2) is 12.4. The highest BCUT2D eigenvalue weighted by molar-refractivity contribution is 6.18. The minimum absolute atomic E-state index is 0.558. The van der Waals surface area contributed by atoms with Crippen LogP contribution in [0.1, 0.15) is 23.1 Å². The highest BCUT2D eigenvalue weighted by Crippen LogP contribution is 2.39. The summed E-state index contributed by atoms with van der Waals surface area (Å²) in [5.41, 5.74) is 6.49. The number of nitrogens with zero attached hydrogens (tertiary/aromatic N) is 4. The van der Waals surface area contributed by atoms with Crippen LogP contribution in [0.25, 0.3) is 0 Å². The first kappa shape index (κ1) is 26.3. The number of aryl methyl sites for hydroxylation is 1. The molecule has 8 heteroatoms. The van der Waals surface area contributed by atoms with Crippen molar-refractivity contribution in [2.75, 3.05) is 32.1 Å². The molecule has 0 aliphatic carbocycles. The number of carbonyl (C=O) groups is 2. The number of carboxylic acids is 2. The number of para-hydroxylation sites is 1. The average molecular weight is 487 g/mol. The van der Waals surface area contributed by atoms with Crippen LogP contribution in [0.5, 0.6) is 0 Å². The summed E-state index contributed by atoms with van der Waals surface area (Å²) in [4.78, 5) is 33.6. The number of benzene rings is 2. The van der Waals surface area contributed by atoms with Crippen LogP contribution < -0.4 is 4.90 Å². The van der Waals surface area contributed by atoms with Crippen LogP contribution in [0, 0.1) is 6.92 Å². The quantitative estimate of drug-likeness (QED) is 0.467. The first-order valence-corrected chi connectivity index (χ1v) is 11.5. The van der Waals surface area contributed by atoms with Crippen molar-refractivity contribution < 1.29 is 19.8 Å². The molecule has 2 N–H and O–H groups in total. The van der Waals surface area contributed by atoms with E-state index in [1.807, 2.05) is 12.3 Å². The first-order valence-electron chi connectivity index (χ1n) is 11.5. The highest BCUT2D eigenvalue weighted by Gasteiger charge is 2.24. The van der Waals surface area contributed by atoms with Gasteiger partial charge in [-0.1, -0.05) is 48.5 Å². The molecule has 36 heavy (non-hydrogen) atoms.